The van der Waals surface area contributed by atoms with E-state index in [2.05, 4.69) is 46.0 Å². The molecule has 2 N–H and O–H groups in total. The number of amides is 2. The molecule has 3 rings (SSSR count). The number of carbonyl (C=O) groups excluding carboxylic acids is 2. The third-order valence-corrected chi connectivity index (χ3v) is 5.14. The van der Waals surface area contributed by atoms with Crippen molar-refractivity contribution in [3.8, 4) is 6.07 Å². The molecule has 1 aromatic carbocycles. The highest BCUT2D eigenvalue weighted by atomic mass is 16.2. The zero-order valence-electron chi connectivity index (χ0n) is 15.7. The molecule has 142 valence electrons. The van der Waals surface area contributed by atoms with E-state index < -0.39 is 6.03 Å². The first-order valence-corrected chi connectivity index (χ1v) is 9.05. The van der Waals surface area contributed by atoms with Crippen molar-refractivity contribution in [2.45, 2.75) is 25.2 Å². The SMILES string of the molecule is CNC(=O)N/C=C(\C=O)c1cc(C2C[C@@H]2[C@H](C)c2ccccc2)c(C#N)nn1. The van der Waals surface area contributed by atoms with Gasteiger partial charge in [-0.25, -0.2) is 4.79 Å². The molecule has 1 unspecified atom stereocenters. The smallest absolute Gasteiger partial charge is 0.318 e. The lowest BCUT2D eigenvalue weighted by molar-refractivity contribution is -0.103. The number of hydrogen-bond donors (Lipinski definition) is 2. The molecular formula is C21H21N5O2. The summed E-state index contributed by atoms with van der Waals surface area (Å²) in [6.45, 7) is 2.19. The lowest BCUT2D eigenvalue weighted by Gasteiger charge is -2.12. The summed E-state index contributed by atoms with van der Waals surface area (Å²) in [4.78, 5) is 22.8. The standard InChI is InChI=1S/C21H21N5O2/c1-13(14-6-4-3-5-7-14)16-8-17(16)18-9-19(25-26-20(18)10-22)15(12-27)11-24-21(28)23-2/h3-7,9,11-13,16-17H,8H2,1-2H3,(H2,23,24,28)/b15-11+/t13-,16-,17?/m1/s1. The maximum absolute atomic E-state index is 11.4. The minimum absolute atomic E-state index is 0.190. The topological polar surface area (TPSA) is 108 Å². The van der Waals surface area contributed by atoms with Crippen LogP contribution in [0.2, 0.25) is 0 Å². The zero-order valence-corrected chi connectivity index (χ0v) is 15.7. The molecule has 2 amide bonds. The maximum Gasteiger partial charge on any atom is 0.318 e. The van der Waals surface area contributed by atoms with Crippen molar-refractivity contribution in [3.63, 3.8) is 0 Å². The third-order valence-electron chi connectivity index (χ3n) is 5.14. The van der Waals surface area contributed by atoms with Crippen LogP contribution in [0, 0.1) is 17.2 Å². The Hall–Kier alpha value is -3.53. The van der Waals surface area contributed by atoms with Gasteiger partial charge in [0.05, 0.1) is 11.3 Å². The van der Waals surface area contributed by atoms with Crippen LogP contribution in [0.5, 0.6) is 0 Å². The monoisotopic (exact) mass is 375 g/mol. The quantitative estimate of drug-likeness (QED) is 0.596. The van der Waals surface area contributed by atoms with Crippen LogP contribution in [0.25, 0.3) is 5.57 Å². The molecule has 1 saturated carbocycles. The summed E-state index contributed by atoms with van der Waals surface area (Å²) in [6.07, 6.45) is 2.84. The van der Waals surface area contributed by atoms with E-state index in [0.29, 0.717) is 23.8 Å². The normalized spacial score (nSPS) is 19.2. The van der Waals surface area contributed by atoms with Gasteiger partial charge in [0.1, 0.15) is 6.07 Å². The Morgan fingerprint density at radius 3 is 2.71 bits per heavy atom. The van der Waals surface area contributed by atoms with E-state index in [9.17, 15) is 14.9 Å². The number of carbonyl (C=O) groups is 2. The second kappa shape index (κ2) is 8.44. The maximum atomic E-state index is 11.4. The van der Waals surface area contributed by atoms with Crippen molar-refractivity contribution in [1.29, 1.82) is 5.26 Å². The van der Waals surface area contributed by atoms with Crippen LogP contribution >= 0.6 is 0 Å². The van der Waals surface area contributed by atoms with Crippen LogP contribution in [-0.2, 0) is 4.79 Å². The molecule has 7 heteroatoms. The summed E-state index contributed by atoms with van der Waals surface area (Å²) in [6, 6.07) is 13.7. The van der Waals surface area contributed by atoms with E-state index in [-0.39, 0.29) is 17.2 Å². The van der Waals surface area contributed by atoms with Crippen LogP contribution in [0.1, 0.15) is 47.7 Å². The van der Waals surface area contributed by atoms with Crippen molar-refractivity contribution in [2.75, 3.05) is 7.05 Å². The second-order valence-electron chi connectivity index (χ2n) is 6.79. The zero-order chi connectivity index (χ0) is 20.1. The number of benzene rings is 1. The summed E-state index contributed by atoms with van der Waals surface area (Å²) in [7, 11) is 1.48. The van der Waals surface area contributed by atoms with Gasteiger partial charge >= 0.3 is 6.03 Å². The van der Waals surface area contributed by atoms with Crippen molar-refractivity contribution in [3.05, 3.63) is 65.1 Å². The molecule has 0 bridgehead atoms. The highest BCUT2D eigenvalue weighted by Crippen LogP contribution is 2.55. The average molecular weight is 375 g/mol. The van der Waals surface area contributed by atoms with Gasteiger partial charge in [-0.15, -0.1) is 10.2 Å². The molecule has 28 heavy (non-hydrogen) atoms. The van der Waals surface area contributed by atoms with Crippen LogP contribution in [0.15, 0.2) is 42.6 Å². The Bertz CT molecular complexity index is 949. The highest BCUT2D eigenvalue weighted by molar-refractivity contribution is 6.06. The van der Waals surface area contributed by atoms with Crippen molar-refractivity contribution >= 4 is 17.9 Å². The average Bonchev–Trinajstić information content (AvgIpc) is 3.54. The Morgan fingerprint density at radius 1 is 1.32 bits per heavy atom. The number of allylic oxidation sites excluding steroid dienone is 1. The molecule has 3 atom stereocenters. The van der Waals surface area contributed by atoms with E-state index in [1.807, 2.05) is 18.2 Å². The molecule has 2 aromatic rings. The summed E-state index contributed by atoms with van der Waals surface area (Å²) < 4.78 is 0. The molecule has 1 fully saturated rings. The first kappa shape index (κ1) is 19.2. The molecule has 1 aromatic heterocycles. The first-order valence-electron chi connectivity index (χ1n) is 9.05. The van der Waals surface area contributed by atoms with E-state index >= 15 is 0 Å². The number of nitrogens with zero attached hydrogens (tertiary/aromatic N) is 3. The van der Waals surface area contributed by atoms with Gasteiger partial charge in [0.2, 0.25) is 0 Å². The predicted molar refractivity (Wildman–Crippen MR) is 104 cm³/mol. The summed E-state index contributed by atoms with van der Waals surface area (Å²) in [5.74, 6) is 0.948. The Labute approximate surface area is 163 Å². The number of nitrogens with one attached hydrogen (secondary N) is 2. The molecule has 1 aliphatic carbocycles. The van der Waals surface area contributed by atoms with Gasteiger partial charge < -0.3 is 10.6 Å². The Balaban J connectivity index is 1.86. The Kier molecular flexibility index (Phi) is 5.80. The van der Waals surface area contributed by atoms with Crippen molar-refractivity contribution in [2.24, 2.45) is 5.92 Å². The van der Waals surface area contributed by atoms with Crippen LogP contribution in [-0.4, -0.2) is 29.6 Å². The van der Waals surface area contributed by atoms with Crippen LogP contribution in [0.4, 0.5) is 4.79 Å². The minimum atomic E-state index is -0.444. The summed E-state index contributed by atoms with van der Waals surface area (Å²) in [5, 5.41) is 22.3. The van der Waals surface area contributed by atoms with Gasteiger partial charge in [-0.1, -0.05) is 37.3 Å². The summed E-state index contributed by atoms with van der Waals surface area (Å²) >= 11 is 0. The molecule has 0 aliphatic heterocycles. The van der Waals surface area contributed by atoms with Gasteiger partial charge in [0.15, 0.2) is 12.0 Å². The Morgan fingerprint density at radius 2 is 2.07 bits per heavy atom. The number of nitriles is 1. The second-order valence-corrected chi connectivity index (χ2v) is 6.79. The number of hydrogen-bond acceptors (Lipinski definition) is 5. The number of urea groups is 1. The fourth-order valence-electron chi connectivity index (χ4n) is 3.43. The highest BCUT2D eigenvalue weighted by Gasteiger charge is 2.44. The van der Waals surface area contributed by atoms with Crippen LogP contribution in [0.3, 0.4) is 0 Å². The summed E-state index contributed by atoms with van der Waals surface area (Å²) in [5.41, 5.74) is 2.86. The van der Waals surface area contributed by atoms with E-state index in [4.69, 9.17) is 0 Å². The van der Waals surface area contributed by atoms with Crippen molar-refractivity contribution in [1.82, 2.24) is 20.8 Å². The van der Waals surface area contributed by atoms with Crippen molar-refractivity contribution < 1.29 is 9.59 Å². The number of rotatable bonds is 6. The molecule has 0 spiro atoms. The molecule has 7 nitrogen and oxygen atoms in total. The minimum Gasteiger partial charge on any atom is -0.341 e. The fraction of sp³-hybridized carbons (Fsp3) is 0.286. The number of aldehydes is 1. The molecule has 0 saturated heterocycles. The van der Waals surface area contributed by atoms with E-state index in [1.54, 1.807) is 6.07 Å². The van der Waals surface area contributed by atoms with Gasteiger partial charge in [-0.3, -0.25) is 4.79 Å². The van der Waals surface area contributed by atoms with Gasteiger partial charge in [-0.2, -0.15) is 5.26 Å². The lowest BCUT2D eigenvalue weighted by atomic mass is 9.93. The lowest BCUT2D eigenvalue weighted by Crippen LogP contribution is -2.28. The molecule has 1 aliphatic rings. The van der Waals surface area contributed by atoms with E-state index in [1.165, 1.54) is 18.8 Å². The third kappa shape index (κ3) is 4.07. The van der Waals surface area contributed by atoms with Crippen LogP contribution < -0.4 is 10.6 Å². The van der Waals surface area contributed by atoms with Gasteiger partial charge in [-0.05, 0) is 41.4 Å². The molecule has 1 heterocycles. The fourth-order valence-corrected chi connectivity index (χ4v) is 3.43. The molecular weight excluding hydrogens is 354 g/mol. The molecule has 0 radical (unpaired) electrons. The number of aromatic nitrogens is 2. The first-order chi connectivity index (χ1) is 13.6. The predicted octanol–water partition coefficient (Wildman–Crippen LogP) is 2.72. The largest absolute Gasteiger partial charge is 0.341 e. The van der Waals surface area contributed by atoms with Gasteiger partial charge in [0, 0.05) is 13.2 Å². The van der Waals surface area contributed by atoms with E-state index in [0.717, 1.165) is 12.0 Å². The van der Waals surface area contributed by atoms with Gasteiger partial charge in [0.25, 0.3) is 0 Å².